The number of hydrogen-bond donors (Lipinski definition) is 1. The summed E-state index contributed by atoms with van der Waals surface area (Å²) >= 11 is -2.74. The Balaban J connectivity index is 1.63. The van der Waals surface area contributed by atoms with Crippen LogP contribution in [0.5, 0.6) is 5.75 Å². The summed E-state index contributed by atoms with van der Waals surface area (Å²) in [7, 11) is -2.69. The second kappa shape index (κ2) is 15.2. The van der Waals surface area contributed by atoms with Crippen molar-refractivity contribution >= 4 is 42.4 Å². The van der Waals surface area contributed by atoms with Crippen LogP contribution in [0.3, 0.4) is 0 Å². The summed E-state index contributed by atoms with van der Waals surface area (Å²) in [5, 5.41) is 2.56. The summed E-state index contributed by atoms with van der Waals surface area (Å²) in [5.74, 6) is -0.0121. The first kappa shape index (κ1) is 33.1. The first-order valence-corrected chi connectivity index (χ1v) is 17.7. The number of esters is 1. The van der Waals surface area contributed by atoms with Gasteiger partial charge in [-0.2, -0.15) is 0 Å². The van der Waals surface area contributed by atoms with Crippen molar-refractivity contribution in [1.29, 1.82) is 0 Å². The zero-order valence-corrected chi connectivity index (χ0v) is 27.2. The van der Waals surface area contributed by atoms with E-state index in [1.54, 1.807) is 79.5 Å². The van der Waals surface area contributed by atoms with E-state index in [2.05, 4.69) is 5.32 Å². The molecule has 0 aliphatic carbocycles. The second-order valence-electron chi connectivity index (χ2n) is 10.1. The number of carbonyl (C=O) groups excluding carboxylic acids is 2. The predicted octanol–water partition coefficient (Wildman–Crippen LogP) is 6.19. The first-order chi connectivity index (χ1) is 19.9. The molecule has 1 unspecified atom stereocenters. The van der Waals surface area contributed by atoms with E-state index in [0.29, 0.717) is 5.75 Å². The molecule has 0 aliphatic heterocycles. The quantitative estimate of drug-likeness (QED) is 0.175. The van der Waals surface area contributed by atoms with Gasteiger partial charge in [0.05, 0.1) is 7.11 Å². The minimum atomic E-state index is -3.94. The van der Waals surface area contributed by atoms with Crippen LogP contribution in [0.4, 0.5) is 4.79 Å². The van der Waals surface area contributed by atoms with Gasteiger partial charge in [-0.1, -0.05) is 0 Å². The number of ether oxygens (including phenoxy) is 3. The topological polar surface area (TPSA) is 117 Å². The summed E-state index contributed by atoms with van der Waals surface area (Å²) in [6, 6.07) is 22.0. The monoisotopic (exact) mass is 709 g/mol. The smallest absolute Gasteiger partial charge is 0.444 e. The molecule has 0 aromatic heterocycles. The van der Waals surface area contributed by atoms with Gasteiger partial charge in [0.25, 0.3) is 0 Å². The standard InChI is InChI=1S/C31H36INO8S/c1-23-12-18-27(19-13-23)42(36,37)41-32(25-10-7-6-8-11-25)20-9-21-39-26-16-14-24(15-17-26)22-28(29(34)38-5)33-30(35)40-31(2,3)4/h6-20,28H,21-22H2,1-5H3,(H,33,35)/b20-9+. The minimum absolute atomic E-state index is 0.117. The van der Waals surface area contributed by atoms with Gasteiger partial charge >= 0.3 is 213 Å². The number of benzene rings is 3. The van der Waals surface area contributed by atoms with E-state index in [1.807, 2.05) is 37.3 Å². The molecule has 0 radical (unpaired) electrons. The molecule has 3 aromatic rings. The number of aryl methyl sites for hydroxylation is 1. The van der Waals surface area contributed by atoms with Crippen molar-refractivity contribution < 1.29 is 34.7 Å². The third-order valence-corrected chi connectivity index (χ3v) is 12.3. The molecule has 0 fully saturated rings. The molecule has 0 heterocycles. The molecule has 3 rings (SSSR count). The molecule has 0 saturated heterocycles. The Morgan fingerprint density at radius 1 is 0.952 bits per heavy atom. The zero-order valence-electron chi connectivity index (χ0n) is 24.2. The Bertz CT molecular complexity index is 1450. The minimum Gasteiger partial charge on any atom is -0.444 e. The average molecular weight is 710 g/mol. The van der Waals surface area contributed by atoms with Gasteiger partial charge in [-0.25, -0.2) is 4.79 Å². The zero-order chi connectivity index (χ0) is 30.8. The number of nitrogens with one attached hydrogen (secondary N) is 1. The van der Waals surface area contributed by atoms with E-state index in [0.717, 1.165) is 14.7 Å². The summed E-state index contributed by atoms with van der Waals surface area (Å²) in [6.07, 6.45) is 1.25. The van der Waals surface area contributed by atoms with Crippen LogP contribution in [0.1, 0.15) is 31.9 Å². The van der Waals surface area contributed by atoms with Crippen LogP contribution in [-0.2, 0) is 33.3 Å². The van der Waals surface area contributed by atoms with Gasteiger partial charge in [0, 0.05) is 0 Å². The molecule has 0 saturated carbocycles. The van der Waals surface area contributed by atoms with E-state index in [9.17, 15) is 18.0 Å². The van der Waals surface area contributed by atoms with Crippen LogP contribution in [0.25, 0.3) is 0 Å². The van der Waals surface area contributed by atoms with Crippen LogP contribution in [0, 0.1) is 10.5 Å². The van der Waals surface area contributed by atoms with Crippen molar-refractivity contribution in [3.63, 3.8) is 0 Å². The summed E-state index contributed by atoms with van der Waals surface area (Å²) in [5.41, 5.74) is 1.03. The fourth-order valence-electron chi connectivity index (χ4n) is 3.50. The molecule has 42 heavy (non-hydrogen) atoms. The molecule has 9 nitrogen and oxygen atoms in total. The van der Waals surface area contributed by atoms with Gasteiger partial charge < -0.3 is 4.74 Å². The summed E-state index contributed by atoms with van der Waals surface area (Å²) in [4.78, 5) is 24.5. The maximum absolute atomic E-state index is 13.0. The molecule has 0 spiro atoms. The molecule has 1 N–H and O–H groups in total. The van der Waals surface area contributed by atoms with Crippen LogP contribution in [-0.4, -0.2) is 45.8 Å². The van der Waals surface area contributed by atoms with E-state index >= 15 is 0 Å². The SMILES string of the molecule is COC(=O)C(Cc1ccc(OC/C=C/I(OS(=O)(=O)c2ccc(C)cc2)c2ccccc2)cc1)NC(=O)OC(C)(C)C. The normalized spacial score (nSPS) is 12.8. The van der Waals surface area contributed by atoms with Gasteiger partial charge in [-0.3, -0.25) is 0 Å². The number of carbonyl (C=O) groups is 2. The molecule has 226 valence electrons. The van der Waals surface area contributed by atoms with Gasteiger partial charge in [-0.05, 0) is 20.8 Å². The van der Waals surface area contributed by atoms with Crippen LogP contribution in [0.2, 0.25) is 0 Å². The van der Waals surface area contributed by atoms with Gasteiger partial charge in [0.15, 0.2) is 0 Å². The number of amides is 1. The molecule has 1 amide bonds. The Morgan fingerprint density at radius 2 is 1.60 bits per heavy atom. The Labute approximate surface area is 255 Å². The molecule has 1 atom stereocenters. The third kappa shape index (κ3) is 10.8. The van der Waals surface area contributed by atoms with Gasteiger partial charge in [0.1, 0.15) is 5.60 Å². The van der Waals surface area contributed by atoms with Crippen molar-refractivity contribution in [1.82, 2.24) is 5.32 Å². The van der Waals surface area contributed by atoms with Crippen LogP contribution < -0.4 is 10.1 Å². The fraction of sp³-hybridized carbons (Fsp3) is 0.290. The summed E-state index contributed by atoms with van der Waals surface area (Å²) in [6.45, 7) is 7.28. The van der Waals surface area contributed by atoms with Crippen molar-refractivity contribution in [3.05, 3.63) is 104 Å². The van der Waals surface area contributed by atoms with Gasteiger partial charge in [0.2, 0.25) is 0 Å². The molecular weight excluding hydrogens is 673 g/mol. The van der Waals surface area contributed by atoms with Gasteiger partial charge in [-0.15, -0.1) is 0 Å². The number of alkyl carbamates (subject to hydrolysis) is 1. The van der Waals surface area contributed by atoms with Crippen LogP contribution in [0.15, 0.2) is 93.9 Å². The van der Waals surface area contributed by atoms with Crippen molar-refractivity contribution in [2.45, 2.75) is 50.7 Å². The molecular formula is C31H36INO8S. The van der Waals surface area contributed by atoms with E-state index in [4.69, 9.17) is 16.7 Å². The fourth-order valence-corrected chi connectivity index (χ4v) is 9.68. The van der Waals surface area contributed by atoms with Crippen LogP contribution >= 0.6 is 20.2 Å². The molecule has 3 aromatic carbocycles. The third-order valence-electron chi connectivity index (χ3n) is 5.50. The number of methoxy groups -OCH3 is 1. The molecule has 11 heteroatoms. The average Bonchev–Trinajstić information content (AvgIpc) is 2.94. The first-order valence-electron chi connectivity index (χ1n) is 13.1. The summed E-state index contributed by atoms with van der Waals surface area (Å²) < 4.78 is 50.2. The van der Waals surface area contributed by atoms with Crippen molar-refractivity contribution in [2.24, 2.45) is 0 Å². The van der Waals surface area contributed by atoms with Crippen molar-refractivity contribution in [2.75, 3.05) is 13.7 Å². The molecule has 0 bridgehead atoms. The Morgan fingerprint density at radius 3 is 2.19 bits per heavy atom. The Hall–Kier alpha value is -3.42. The van der Waals surface area contributed by atoms with E-state index in [-0.39, 0.29) is 17.9 Å². The number of rotatable bonds is 12. The van der Waals surface area contributed by atoms with Crippen molar-refractivity contribution in [3.8, 4) is 5.75 Å². The predicted molar refractivity (Wildman–Crippen MR) is 169 cm³/mol. The maximum atomic E-state index is 13.0. The number of halogens is 1. The second-order valence-corrected chi connectivity index (χ2v) is 16.3. The molecule has 0 aliphatic rings. The van der Waals surface area contributed by atoms with E-state index in [1.165, 1.54) is 7.11 Å². The van der Waals surface area contributed by atoms with E-state index < -0.39 is 54.1 Å². The Kier molecular flexibility index (Phi) is 11.9. The number of hydrogen-bond acceptors (Lipinski definition) is 8.